The van der Waals surface area contributed by atoms with Crippen molar-refractivity contribution in [1.29, 1.82) is 0 Å². The molecule has 8 rings (SSSR count). The van der Waals surface area contributed by atoms with Crippen LogP contribution in [0.1, 0.15) is 100 Å². The molecule has 2 fully saturated rings. The highest BCUT2D eigenvalue weighted by Crippen LogP contribution is 2.48. The van der Waals surface area contributed by atoms with E-state index < -0.39 is 36.3 Å². The average Bonchev–Trinajstić information content (AvgIpc) is 3.99. The fourth-order valence-electron chi connectivity index (χ4n) is 11.4. The van der Waals surface area contributed by atoms with Crippen LogP contribution in [0.5, 0.6) is 11.5 Å². The van der Waals surface area contributed by atoms with E-state index in [1.54, 1.807) is 27.7 Å². The molecule has 11 N–H and O–H groups in total. The molecule has 63 heavy (non-hydrogen) atoms. The van der Waals surface area contributed by atoms with Gasteiger partial charge in [-0.3, -0.25) is 0 Å². The lowest BCUT2D eigenvalue weighted by atomic mass is 9.76. The Morgan fingerprint density at radius 1 is 1.02 bits per heavy atom. The highest BCUT2D eigenvalue weighted by Gasteiger charge is 2.42. The number of phenols is 1. The molecule has 1 aromatic heterocycles. The van der Waals surface area contributed by atoms with E-state index in [9.17, 15) is 30.6 Å². The van der Waals surface area contributed by atoms with Crippen LogP contribution in [0.15, 0.2) is 65.2 Å². The number of hydrogen-bond donors (Lipinski definition) is 10. The minimum Gasteiger partial charge on any atom is -0.504 e. The van der Waals surface area contributed by atoms with E-state index in [0.29, 0.717) is 68.4 Å². The number of nitrogens with one attached hydrogen (secondary N) is 3. The van der Waals surface area contributed by atoms with Gasteiger partial charge in [-0.15, -0.1) is 0 Å². The summed E-state index contributed by atoms with van der Waals surface area (Å²) in [5.41, 5.74) is 13.0. The Morgan fingerprint density at radius 2 is 1.86 bits per heavy atom. The molecule has 13 heteroatoms. The number of hydrogen-bond acceptors (Lipinski definition) is 12. The van der Waals surface area contributed by atoms with Crippen molar-refractivity contribution in [2.45, 2.75) is 133 Å². The molecule has 0 amide bonds. The second kappa shape index (κ2) is 21.5. The van der Waals surface area contributed by atoms with Crippen LogP contribution in [-0.2, 0) is 12.8 Å². The Labute approximate surface area is 381 Å². The Bertz CT molecular complexity index is 2010. The van der Waals surface area contributed by atoms with Crippen LogP contribution in [0.3, 0.4) is 0 Å². The van der Waals surface area contributed by atoms with Crippen LogP contribution < -0.4 is 21.1 Å². The van der Waals surface area contributed by atoms with Gasteiger partial charge in [-0.2, -0.15) is 0 Å². The molecule has 1 saturated carbocycles. The smallest absolute Gasteiger partial charge is 0.161 e. The summed E-state index contributed by atoms with van der Waals surface area (Å²) in [7, 11) is 3.26. The van der Waals surface area contributed by atoms with Crippen molar-refractivity contribution in [3.8, 4) is 23.3 Å². The maximum atomic E-state index is 12.2. The number of aromatic hydroxyl groups is 1. The van der Waals surface area contributed by atoms with Crippen LogP contribution in [0, 0.1) is 47.3 Å². The largest absolute Gasteiger partial charge is 0.504 e. The lowest BCUT2D eigenvalue weighted by molar-refractivity contribution is -0.0214. The summed E-state index contributed by atoms with van der Waals surface area (Å²) < 4.78 is 6.84. The maximum Gasteiger partial charge on any atom is 0.161 e. The van der Waals surface area contributed by atoms with Crippen molar-refractivity contribution in [2.24, 2.45) is 41.2 Å². The molecule has 2 aromatic rings. The van der Waals surface area contributed by atoms with E-state index in [2.05, 4.69) is 52.6 Å². The van der Waals surface area contributed by atoms with Crippen LogP contribution in [0.2, 0.25) is 0 Å². The van der Waals surface area contributed by atoms with E-state index in [1.807, 2.05) is 18.3 Å². The third-order valence-electron chi connectivity index (χ3n) is 15.1. The predicted octanol–water partition coefficient (Wildman–Crippen LogP) is 5.82. The van der Waals surface area contributed by atoms with E-state index in [0.717, 1.165) is 66.5 Å². The van der Waals surface area contributed by atoms with Gasteiger partial charge in [-0.25, -0.2) is 0 Å². The highest BCUT2D eigenvalue weighted by molar-refractivity contribution is 8.76. The van der Waals surface area contributed by atoms with Crippen molar-refractivity contribution >= 4 is 21.6 Å². The van der Waals surface area contributed by atoms with E-state index in [4.69, 9.17) is 10.5 Å². The molecule has 1 aromatic carbocycles. The summed E-state index contributed by atoms with van der Waals surface area (Å²) in [6.45, 7) is 3.10. The molecule has 2 aliphatic heterocycles. The first-order valence-electron chi connectivity index (χ1n) is 23.7. The Hall–Kier alpha value is -3.06. The molecule has 12 unspecified atom stereocenters. The molecule has 0 bridgehead atoms. The van der Waals surface area contributed by atoms with E-state index in [-0.39, 0.29) is 53.9 Å². The predicted molar refractivity (Wildman–Crippen MR) is 252 cm³/mol. The Morgan fingerprint density at radius 3 is 2.63 bits per heavy atom. The molecular formula is C50H70N4O7S2. The summed E-state index contributed by atoms with van der Waals surface area (Å²) in [6, 6.07) is 7.85. The number of dihydropyridines is 1. The number of nitrogens with two attached hydrogens (primary N) is 1. The molecule has 12 atom stereocenters. The van der Waals surface area contributed by atoms with Gasteiger partial charge in [0, 0.05) is 84.3 Å². The van der Waals surface area contributed by atoms with Crippen molar-refractivity contribution in [3.63, 3.8) is 0 Å². The average molecular weight is 903 g/mol. The summed E-state index contributed by atoms with van der Waals surface area (Å²) in [5.74, 6) is 8.28. The molecule has 11 nitrogen and oxygen atoms in total. The zero-order chi connectivity index (χ0) is 44.0. The van der Waals surface area contributed by atoms with Crippen LogP contribution in [0.4, 0.5) is 0 Å². The van der Waals surface area contributed by atoms with Crippen LogP contribution >= 0.6 is 21.6 Å². The fourth-order valence-corrected chi connectivity index (χ4v) is 13.9. The number of aryl methyl sites for hydroxylation is 1. The van der Waals surface area contributed by atoms with Crippen molar-refractivity contribution in [2.75, 3.05) is 31.2 Å². The molecule has 3 heterocycles. The van der Waals surface area contributed by atoms with Crippen LogP contribution in [0.25, 0.3) is 0 Å². The van der Waals surface area contributed by atoms with Gasteiger partial charge in [0.2, 0.25) is 0 Å². The summed E-state index contributed by atoms with van der Waals surface area (Å²) in [4.78, 5) is 3.36. The second-order valence-corrected chi connectivity index (χ2v) is 21.6. The number of aliphatic hydroxyl groups is 5. The van der Waals surface area contributed by atoms with Gasteiger partial charge < -0.3 is 56.7 Å². The van der Waals surface area contributed by atoms with E-state index >= 15 is 0 Å². The summed E-state index contributed by atoms with van der Waals surface area (Å²) >= 11 is 0. The lowest BCUT2D eigenvalue weighted by Crippen LogP contribution is -2.42. The number of aliphatic hydroxyl groups excluding tert-OH is 5. The van der Waals surface area contributed by atoms with Gasteiger partial charge in [0.25, 0.3) is 0 Å². The monoisotopic (exact) mass is 902 g/mol. The number of phenolic OH excluding ortho intramolecular Hbond substituents is 1. The molecule has 0 spiro atoms. The first-order chi connectivity index (χ1) is 30.6. The Kier molecular flexibility index (Phi) is 15.9. The molecular weight excluding hydrogens is 833 g/mol. The highest BCUT2D eigenvalue weighted by atomic mass is 33.1. The van der Waals surface area contributed by atoms with Gasteiger partial charge in [0.1, 0.15) is 11.9 Å². The third kappa shape index (κ3) is 11.0. The number of allylic oxidation sites excluding steroid dienone is 3. The zero-order valence-electron chi connectivity index (χ0n) is 36.8. The minimum absolute atomic E-state index is 0.00543. The van der Waals surface area contributed by atoms with E-state index in [1.165, 1.54) is 18.4 Å². The second-order valence-electron chi connectivity index (χ2n) is 19.1. The number of fused-ring (bicyclic) bond motifs is 5. The number of H-pyrrole nitrogens is 1. The van der Waals surface area contributed by atoms with Crippen LogP contribution in [-0.4, -0.2) is 103 Å². The number of aromatic amines is 1. The van der Waals surface area contributed by atoms with Gasteiger partial charge in [0.15, 0.2) is 11.5 Å². The molecule has 6 aliphatic rings. The molecule has 344 valence electrons. The Balaban J connectivity index is 1.07. The number of rotatable bonds is 10. The topological polar surface area (TPSA) is 196 Å². The van der Waals surface area contributed by atoms with Gasteiger partial charge in [-0.05, 0) is 123 Å². The van der Waals surface area contributed by atoms with Gasteiger partial charge in [0.05, 0.1) is 24.4 Å². The standard InChI is InChI=1S/C50H70N4O7S2/c1-2-29-9-10-33-19-31-11-12-32-21-43(57)46(24-40(32)39(31)23-44(58)48(33)42(56)14-13-37(18-29)54-25-45(59)30-6-3-4-7-30)61-47-22-34(20-36-8-5-16-52-36)38-15-17-53-50(51)41(38)28-63-62-27-35(26-55)49(47)60/h5,8,15-16,19,21,24,29-30,33-35,37,39,42,44-45,47-49,52-60H,2-4,6-7,11-14,17-18,20,22-23,25-28,51H2,1H3. The summed E-state index contributed by atoms with van der Waals surface area (Å²) in [6.07, 6.45) is 13.1. The molecule has 1 saturated heterocycles. The zero-order valence-corrected chi connectivity index (χ0v) is 38.4. The number of aromatic nitrogens is 1. The van der Waals surface area contributed by atoms with Gasteiger partial charge >= 0.3 is 0 Å². The fraction of sp³-hybridized carbons (Fsp3) is 0.640. The summed E-state index contributed by atoms with van der Waals surface area (Å²) in [5, 5.41) is 76.3. The molecule has 4 aliphatic carbocycles. The normalized spacial score (nSPS) is 33.6. The lowest BCUT2D eigenvalue weighted by Gasteiger charge is -2.35. The quantitative estimate of drug-likeness (QED) is 0.0782. The van der Waals surface area contributed by atoms with Gasteiger partial charge in [-0.1, -0.05) is 70.9 Å². The SMILES string of the molecule is CCC1C#CC2C=C3CCc4cc(O)c(OC5CC(Cc6ccc[nH]6)C6=CCNC(N)=C6CSSCC(CO)C5O)cc4C3CC(O)C2C(O)CCC(NCC(O)C2CCCC2)C1. The first-order valence-corrected chi connectivity index (χ1v) is 26.2. The number of ether oxygens (including phenoxy) is 1. The maximum absolute atomic E-state index is 12.2. The van der Waals surface area contributed by atoms with Crippen molar-refractivity contribution in [3.05, 3.63) is 82.0 Å². The number of benzene rings is 1. The minimum atomic E-state index is -1.03. The molecule has 0 radical (unpaired) electrons. The van der Waals surface area contributed by atoms with Crippen molar-refractivity contribution < 1.29 is 35.4 Å². The van der Waals surface area contributed by atoms with Crippen molar-refractivity contribution in [1.82, 2.24) is 15.6 Å². The first kappa shape index (κ1) is 46.5. The third-order valence-corrected chi connectivity index (χ3v) is 17.5.